The molecule has 0 radical (unpaired) electrons. The third kappa shape index (κ3) is 6.39. The number of ketones is 1. The van der Waals surface area contributed by atoms with Crippen molar-refractivity contribution >= 4 is 20.1 Å². The van der Waals surface area contributed by atoms with E-state index in [1.807, 2.05) is 20.8 Å². The summed E-state index contributed by atoms with van der Waals surface area (Å²) in [6, 6.07) is 0. The van der Waals surface area contributed by atoms with Crippen LogP contribution in [0.2, 0.25) is 18.1 Å². The first-order valence-corrected chi connectivity index (χ1v) is 14.5. The third-order valence-electron chi connectivity index (χ3n) is 7.55. The molecule has 6 heteroatoms. The Morgan fingerprint density at radius 2 is 1.70 bits per heavy atom. The zero-order chi connectivity index (χ0) is 23.4. The van der Waals surface area contributed by atoms with Crippen LogP contribution in [0.4, 0.5) is 0 Å². The predicted molar refractivity (Wildman–Crippen MR) is 124 cm³/mol. The molecule has 7 atom stereocenters. The average Bonchev–Trinajstić information content (AvgIpc) is 2.68. The van der Waals surface area contributed by atoms with Gasteiger partial charge in [-0.05, 0) is 43.8 Å². The SMILES string of the molecule is CCC(=O)[C@H](C)[C@H](O[Si](C)(C)C(C)(C)C)[C@H](C)[C@H]1O[C@H]([C@H](C)C(=O)OC)CC[C@@H]1C. The van der Waals surface area contributed by atoms with Crippen molar-refractivity contribution in [2.45, 2.75) is 111 Å². The predicted octanol–water partition coefficient (Wildman–Crippen LogP) is 5.62. The molecule has 0 aromatic rings. The van der Waals surface area contributed by atoms with E-state index in [9.17, 15) is 9.59 Å². The lowest BCUT2D eigenvalue weighted by atomic mass is 9.78. The maximum atomic E-state index is 12.7. The molecule has 0 aromatic carbocycles. The van der Waals surface area contributed by atoms with Gasteiger partial charge >= 0.3 is 5.97 Å². The molecule has 0 bridgehead atoms. The number of hydrogen-bond donors (Lipinski definition) is 0. The van der Waals surface area contributed by atoms with Crippen molar-refractivity contribution < 1.29 is 23.5 Å². The minimum Gasteiger partial charge on any atom is -0.469 e. The van der Waals surface area contributed by atoms with Crippen LogP contribution in [-0.4, -0.2) is 45.5 Å². The van der Waals surface area contributed by atoms with E-state index in [0.717, 1.165) is 12.8 Å². The van der Waals surface area contributed by atoms with Crippen molar-refractivity contribution in [3.63, 3.8) is 0 Å². The summed E-state index contributed by atoms with van der Waals surface area (Å²) >= 11 is 0. The highest BCUT2D eigenvalue weighted by Gasteiger charge is 2.46. The summed E-state index contributed by atoms with van der Waals surface area (Å²) in [4.78, 5) is 24.8. The number of carbonyl (C=O) groups is 2. The zero-order valence-corrected chi connectivity index (χ0v) is 22.2. The summed E-state index contributed by atoms with van der Waals surface area (Å²) in [7, 11) is -0.660. The van der Waals surface area contributed by atoms with Crippen LogP contribution in [0.25, 0.3) is 0 Å². The second kappa shape index (κ2) is 10.7. The summed E-state index contributed by atoms with van der Waals surface area (Å²) in [6.45, 7) is 21.3. The molecule has 1 heterocycles. The lowest BCUT2D eigenvalue weighted by Crippen LogP contribution is -2.53. The number of methoxy groups -OCH3 is 1. The minimum absolute atomic E-state index is 0.0484. The molecule has 1 fully saturated rings. The van der Waals surface area contributed by atoms with Gasteiger partial charge in [0.25, 0.3) is 0 Å². The van der Waals surface area contributed by atoms with Crippen LogP contribution in [0, 0.1) is 23.7 Å². The monoisotopic (exact) mass is 442 g/mol. The van der Waals surface area contributed by atoms with E-state index >= 15 is 0 Å². The Hall–Kier alpha value is -0.723. The molecular formula is C24H46O5Si. The molecule has 0 aliphatic carbocycles. The first-order chi connectivity index (χ1) is 13.7. The standard InChI is InChI=1S/C24H46O5Si/c1-12-19(25)16(3)22(29-30(10,11)24(6,7)8)18(5)21-15(2)13-14-20(28-21)17(4)23(26)27-9/h15-18,20-22H,12-14H2,1-11H3/t15-,16-,17-,18+,20-,21-,22-/m0/s1. The van der Waals surface area contributed by atoms with Crippen LogP contribution in [0.1, 0.15) is 74.7 Å². The maximum Gasteiger partial charge on any atom is 0.311 e. The maximum absolute atomic E-state index is 12.7. The van der Waals surface area contributed by atoms with Gasteiger partial charge in [0.15, 0.2) is 8.32 Å². The summed E-state index contributed by atoms with van der Waals surface area (Å²) in [5, 5.41) is 0.0565. The Morgan fingerprint density at radius 3 is 2.17 bits per heavy atom. The Bertz CT molecular complexity index is 583. The van der Waals surface area contributed by atoms with E-state index in [2.05, 4.69) is 47.7 Å². The van der Waals surface area contributed by atoms with E-state index < -0.39 is 8.32 Å². The normalized spacial score (nSPS) is 27.1. The van der Waals surface area contributed by atoms with Crippen LogP contribution in [0.3, 0.4) is 0 Å². The molecular weight excluding hydrogens is 396 g/mol. The second-order valence-corrected chi connectivity index (χ2v) is 15.6. The molecule has 1 aliphatic rings. The topological polar surface area (TPSA) is 61.8 Å². The van der Waals surface area contributed by atoms with Gasteiger partial charge in [0.1, 0.15) is 5.78 Å². The van der Waals surface area contributed by atoms with Gasteiger partial charge in [0, 0.05) is 18.3 Å². The van der Waals surface area contributed by atoms with Gasteiger partial charge in [-0.3, -0.25) is 9.59 Å². The fraction of sp³-hybridized carbons (Fsp3) is 0.917. The largest absolute Gasteiger partial charge is 0.469 e. The molecule has 0 spiro atoms. The van der Waals surface area contributed by atoms with Crippen molar-refractivity contribution in [3.05, 3.63) is 0 Å². The Kier molecular flexibility index (Phi) is 9.77. The Balaban J connectivity index is 3.18. The van der Waals surface area contributed by atoms with Gasteiger partial charge in [0.05, 0.1) is 31.3 Å². The molecule has 0 unspecified atom stereocenters. The second-order valence-electron chi connectivity index (χ2n) is 10.8. The molecule has 0 aromatic heterocycles. The molecule has 1 aliphatic heterocycles. The van der Waals surface area contributed by atoms with Gasteiger partial charge in [-0.2, -0.15) is 0 Å². The lowest BCUT2D eigenvalue weighted by Gasteiger charge is -2.47. The first kappa shape index (κ1) is 27.3. The number of rotatable bonds is 9. The highest BCUT2D eigenvalue weighted by atomic mass is 28.4. The van der Waals surface area contributed by atoms with Crippen molar-refractivity contribution in [3.8, 4) is 0 Å². The highest BCUT2D eigenvalue weighted by Crippen LogP contribution is 2.42. The van der Waals surface area contributed by atoms with Crippen LogP contribution in [-0.2, 0) is 23.5 Å². The highest BCUT2D eigenvalue weighted by molar-refractivity contribution is 6.74. The molecule has 0 saturated carbocycles. The fourth-order valence-electron chi connectivity index (χ4n) is 4.22. The lowest BCUT2D eigenvalue weighted by molar-refractivity contribution is -0.168. The van der Waals surface area contributed by atoms with Crippen LogP contribution < -0.4 is 0 Å². The minimum atomic E-state index is -2.08. The number of ether oxygens (including phenoxy) is 2. The molecule has 0 amide bonds. The summed E-state index contributed by atoms with van der Waals surface area (Å²) in [6.07, 6.45) is 1.93. The van der Waals surface area contributed by atoms with E-state index in [4.69, 9.17) is 13.9 Å². The molecule has 1 rings (SSSR count). The van der Waals surface area contributed by atoms with Gasteiger partial charge in [-0.1, -0.05) is 48.5 Å². The van der Waals surface area contributed by atoms with Crippen molar-refractivity contribution in [1.29, 1.82) is 0 Å². The molecule has 176 valence electrons. The number of Topliss-reactive ketones (excluding diaryl/α,β-unsaturated/α-hetero) is 1. The molecule has 30 heavy (non-hydrogen) atoms. The van der Waals surface area contributed by atoms with Crippen LogP contribution in [0.15, 0.2) is 0 Å². The van der Waals surface area contributed by atoms with E-state index in [-0.39, 0.29) is 52.9 Å². The summed E-state index contributed by atoms with van der Waals surface area (Å²) < 4.78 is 18.3. The zero-order valence-electron chi connectivity index (χ0n) is 21.2. The Labute approximate surface area is 185 Å². The molecule has 5 nitrogen and oxygen atoms in total. The first-order valence-electron chi connectivity index (χ1n) is 11.6. The van der Waals surface area contributed by atoms with Crippen molar-refractivity contribution in [2.75, 3.05) is 7.11 Å². The van der Waals surface area contributed by atoms with Crippen LogP contribution in [0.5, 0.6) is 0 Å². The van der Waals surface area contributed by atoms with Crippen LogP contribution >= 0.6 is 0 Å². The smallest absolute Gasteiger partial charge is 0.311 e. The summed E-state index contributed by atoms with van der Waals surface area (Å²) in [5.41, 5.74) is 0. The average molecular weight is 443 g/mol. The van der Waals surface area contributed by atoms with Gasteiger partial charge < -0.3 is 13.9 Å². The molecule has 1 saturated heterocycles. The van der Waals surface area contributed by atoms with E-state index in [1.54, 1.807) is 0 Å². The fourth-order valence-corrected chi connectivity index (χ4v) is 5.67. The third-order valence-corrected chi connectivity index (χ3v) is 12.0. The van der Waals surface area contributed by atoms with Crippen molar-refractivity contribution in [1.82, 2.24) is 0 Å². The summed E-state index contributed by atoms with van der Waals surface area (Å²) in [5.74, 6) is -0.0964. The number of carbonyl (C=O) groups excluding carboxylic acids is 2. The van der Waals surface area contributed by atoms with Gasteiger partial charge in [0.2, 0.25) is 0 Å². The van der Waals surface area contributed by atoms with Crippen molar-refractivity contribution in [2.24, 2.45) is 23.7 Å². The number of hydrogen-bond acceptors (Lipinski definition) is 5. The van der Waals surface area contributed by atoms with E-state index in [1.165, 1.54) is 7.11 Å². The van der Waals surface area contributed by atoms with Gasteiger partial charge in [-0.25, -0.2) is 0 Å². The van der Waals surface area contributed by atoms with E-state index in [0.29, 0.717) is 12.3 Å². The Morgan fingerprint density at radius 1 is 1.13 bits per heavy atom. The number of esters is 1. The molecule has 0 N–H and O–H groups in total. The quantitative estimate of drug-likeness (QED) is 0.342. The van der Waals surface area contributed by atoms with Gasteiger partial charge in [-0.15, -0.1) is 0 Å².